The lowest BCUT2D eigenvalue weighted by Crippen LogP contribution is -2.31. The van der Waals surface area contributed by atoms with E-state index in [0.717, 1.165) is 23.8 Å². The molecule has 1 aliphatic rings. The van der Waals surface area contributed by atoms with Crippen molar-refractivity contribution in [2.24, 2.45) is 0 Å². The number of rotatable bonds is 2. The van der Waals surface area contributed by atoms with Gasteiger partial charge in [0, 0.05) is 7.05 Å². The summed E-state index contributed by atoms with van der Waals surface area (Å²) in [4.78, 5) is 10.7. The number of hydrogen-bond acceptors (Lipinski definition) is 5. The Kier molecular flexibility index (Phi) is 2.85. The molecule has 0 unspecified atom stereocenters. The van der Waals surface area contributed by atoms with Crippen LogP contribution < -0.4 is 14.4 Å². The van der Waals surface area contributed by atoms with Gasteiger partial charge in [-0.1, -0.05) is 13.8 Å². The fraction of sp³-hybridized carbons (Fsp3) is 0.636. The van der Waals surface area contributed by atoms with Gasteiger partial charge in [0.2, 0.25) is 0 Å². The maximum atomic E-state index is 5.66. The Hall–Kier alpha value is -1.52. The summed E-state index contributed by atoms with van der Waals surface area (Å²) in [5.41, 5.74) is 0.911. The number of anilines is 1. The molecular weight excluding hydrogens is 206 g/mol. The molecular formula is C11H17N3O2. The van der Waals surface area contributed by atoms with Crippen molar-refractivity contribution in [1.29, 1.82) is 0 Å². The van der Waals surface area contributed by atoms with E-state index >= 15 is 0 Å². The average Bonchev–Trinajstić information content (AvgIpc) is 2.28. The Bertz CT molecular complexity index is 376. The summed E-state index contributed by atoms with van der Waals surface area (Å²) >= 11 is 0. The molecule has 2 heterocycles. The van der Waals surface area contributed by atoms with Crippen molar-refractivity contribution in [3.8, 4) is 11.8 Å². The fourth-order valence-corrected chi connectivity index (χ4v) is 1.71. The Morgan fingerprint density at radius 1 is 1.38 bits per heavy atom. The van der Waals surface area contributed by atoms with E-state index in [1.54, 1.807) is 7.11 Å². The predicted molar refractivity (Wildman–Crippen MR) is 61.4 cm³/mol. The minimum Gasteiger partial charge on any atom is -0.486 e. The third kappa shape index (κ3) is 1.77. The molecule has 0 saturated heterocycles. The van der Waals surface area contributed by atoms with Crippen molar-refractivity contribution in [2.45, 2.75) is 19.8 Å². The van der Waals surface area contributed by atoms with Crippen molar-refractivity contribution in [2.75, 3.05) is 32.2 Å². The molecule has 1 aromatic rings. The van der Waals surface area contributed by atoms with Crippen LogP contribution in [0.5, 0.6) is 11.8 Å². The first-order chi connectivity index (χ1) is 7.63. The van der Waals surface area contributed by atoms with Crippen LogP contribution in [0.25, 0.3) is 0 Å². The molecule has 2 rings (SSSR count). The maximum Gasteiger partial charge on any atom is 0.318 e. The van der Waals surface area contributed by atoms with Gasteiger partial charge < -0.3 is 14.4 Å². The van der Waals surface area contributed by atoms with Crippen molar-refractivity contribution >= 4 is 5.82 Å². The summed E-state index contributed by atoms with van der Waals surface area (Å²) < 4.78 is 10.8. The second kappa shape index (κ2) is 4.15. The van der Waals surface area contributed by atoms with Gasteiger partial charge in [-0.3, -0.25) is 0 Å². The topological polar surface area (TPSA) is 47.5 Å². The monoisotopic (exact) mass is 223 g/mol. The van der Waals surface area contributed by atoms with Gasteiger partial charge in [0.1, 0.15) is 6.61 Å². The summed E-state index contributed by atoms with van der Waals surface area (Å²) in [5, 5.41) is 0. The number of fused-ring (bicyclic) bond motifs is 1. The Balaban J connectivity index is 2.56. The molecule has 0 aliphatic carbocycles. The lowest BCUT2D eigenvalue weighted by Gasteiger charge is -2.28. The fourth-order valence-electron chi connectivity index (χ4n) is 1.71. The molecule has 0 N–H and O–H groups in total. The van der Waals surface area contributed by atoms with Crippen LogP contribution in [0.3, 0.4) is 0 Å². The molecule has 0 bridgehead atoms. The first kappa shape index (κ1) is 11.0. The summed E-state index contributed by atoms with van der Waals surface area (Å²) in [6, 6.07) is 0.403. The van der Waals surface area contributed by atoms with E-state index in [1.165, 1.54) is 0 Å². The minimum absolute atomic E-state index is 0.289. The zero-order chi connectivity index (χ0) is 11.7. The van der Waals surface area contributed by atoms with Crippen LogP contribution in [0.15, 0.2) is 0 Å². The molecule has 0 amide bonds. The van der Waals surface area contributed by atoms with E-state index in [-0.39, 0.29) is 5.92 Å². The average molecular weight is 223 g/mol. The van der Waals surface area contributed by atoms with Crippen LogP contribution >= 0.6 is 0 Å². The molecule has 0 radical (unpaired) electrons. The first-order valence-corrected chi connectivity index (χ1v) is 5.43. The zero-order valence-electron chi connectivity index (χ0n) is 10.1. The van der Waals surface area contributed by atoms with Crippen molar-refractivity contribution in [1.82, 2.24) is 9.97 Å². The molecule has 88 valence electrons. The van der Waals surface area contributed by atoms with Gasteiger partial charge in [-0.2, -0.15) is 9.97 Å². The van der Waals surface area contributed by atoms with Crippen LogP contribution in [-0.2, 0) is 0 Å². The molecule has 5 heteroatoms. The quantitative estimate of drug-likeness (QED) is 0.759. The Morgan fingerprint density at radius 2 is 2.12 bits per heavy atom. The van der Waals surface area contributed by atoms with Gasteiger partial charge in [0.15, 0.2) is 11.6 Å². The van der Waals surface area contributed by atoms with E-state index in [9.17, 15) is 0 Å². The van der Waals surface area contributed by atoms with Crippen LogP contribution in [0.4, 0.5) is 5.82 Å². The third-order valence-corrected chi connectivity index (χ3v) is 2.62. The van der Waals surface area contributed by atoms with Crippen LogP contribution in [0.1, 0.15) is 25.5 Å². The molecule has 0 aromatic carbocycles. The maximum absolute atomic E-state index is 5.66. The summed E-state index contributed by atoms with van der Waals surface area (Å²) in [6.07, 6.45) is 0. The molecule has 1 aromatic heterocycles. The standard InChI is InChI=1S/C11H17N3O2/c1-7(2)8-9-10(13-11(12-8)15-4)14(3)5-6-16-9/h7H,5-6H2,1-4H3. The molecule has 0 atom stereocenters. The summed E-state index contributed by atoms with van der Waals surface area (Å²) in [7, 11) is 3.58. The molecule has 0 fully saturated rings. The highest BCUT2D eigenvalue weighted by Gasteiger charge is 2.24. The molecule has 0 spiro atoms. The van der Waals surface area contributed by atoms with Gasteiger partial charge in [-0.05, 0) is 5.92 Å². The van der Waals surface area contributed by atoms with E-state index < -0.39 is 0 Å². The van der Waals surface area contributed by atoms with E-state index in [4.69, 9.17) is 9.47 Å². The Morgan fingerprint density at radius 3 is 2.75 bits per heavy atom. The lowest BCUT2D eigenvalue weighted by atomic mass is 10.1. The van der Waals surface area contributed by atoms with Gasteiger partial charge in [0.05, 0.1) is 19.3 Å². The van der Waals surface area contributed by atoms with Crippen molar-refractivity contribution < 1.29 is 9.47 Å². The molecule has 16 heavy (non-hydrogen) atoms. The molecule has 1 aliphatic heterocycles. The SMILES string of the molecule is COc1nc(C(C)C)c2c(n1)N(C)CCO2. The van der Waals surface area contributed by atoms with Gasteiger partial charge in [0.25, 0.3) is 0 Å². The number of likely N-dealkylation sites (N-methyl/N-ethyl adjacent to an activating group) is 1. The van der Waals surface area contributed by atoms with Crippen LogP contribution in [0, 0.1) is 0 Å². The van der Waals surface area contributed by atoms with Crippen molar-refractivity contribution in [3.05, 3.63) is 5.69 Å². The normalized spacial score (nSPS) is 14.7. The minimum atomic E-state index is 0.289. The largest absolute Gasteiger partial charge is 0.486 e. The van der Waals surface area contributed by atoms with Gasteiger partial charge >= 0.3 is 6.01 Å². The number of hydrogen-bond donors (Lipinski definition) is 0. The van der Waals surface area contributed by atoms with E-state index in [2.05, 4.69) is 28.7 Å². The number of aromatic nitrogens is 2. The lowest BCUT2D eigenvalue weighted by molar-refractivity contribution is 0.296. The third-order valence-electron chi connectivity index (χ3n) is 2.62. The Labute approximate surface area is 95.4 Å². The van der Waals surface area contributed by atoms with E-state index in [0.29, 0.717) is 12.6 Å². The smallest absolute Gasteiger partial charge is 0.318 e. The highest BCUT2D eigenvalue weighted by molar-refractivity contribution is 5.57. The summed E-state index contributed by atoms with van der Waals surface area (Å²) in [5.74, 6) is 1.91. The molecule has 0 saturated carbocycles. The van der Waals surface area contributed by atoms with Gasteiger partial charge in [-0.25, -0.2) is 0 Å². The second-order valence-electron chi connectivity index (χ2n) is 4.17. The second-order valence-corrected chi connectivity index (χ2v) is 4.17. The number of ether oxygens (including phenoxy) is 2. The van der Waals surface area contributed by atoms with Crippen LogP contribution in [0.2, 0.25) is 0 Å². The number of methoxy groups -OCH3 is 1. The first-order valence-electron chi connectivity index (χ1n) is 5.43. The highest BCUT2D eigenvalue weighted by atomic mass is 16.5. The van der Waals surface area contributed by atoms with Crippen molar-refractivity contribution in [3.63, 3.8) is 0 Å². The zero-order valence-corrected chi connectivity index (χ0v) is 10.1. The summed E-state index contributed by atoms with van der Waals surface area (Å²) in [6.45, 7) is 5.68. The van der Waals surface area contributed by atoms with Crippen LogP contribution in [-0.4, -0.2) is 37.3 Å². The van der Waals surface area contributed by atoms with Gasteiger partial charge in [-0.15, -0.1) is 0 Å². The number of nitrogens with zero attached hydrogens (tertiary/aromatic N) is 3. The molecule has 5 nitrogen and oxygen atoms in total. The van der Waals surface area contributed by atoms with E-state index in [1.807, 2.05) is 7.05 Å². The predicted octanol–water partition coefficient (Wildman–Crippen LogP) is 1.44. The highest BCUT2D eigenvalue weighted by Crippen LogP contribution is 2.36.